The van der Waals surface area contributed by atoms with E-state index in [2.05, 4.69) is 9.97 Å². The summed E-state index contributed by atoms with van der Waals surface area (Å²) in [6.07, 6.45) is 1.69. The van der Waals surface area contributed by atoms with Gasteiger partial charge >= 0.3 is 5.97 Å². The molecule has 41 heavy (non-hydrogen) atoms. The molecule has 3 aromatic carbocycles. The molecule has 1 N–H and O–H groups in total. The van der Waals surface area contributed by atoms with Gasteiger partial charge in [-0.1, -0.05) is 18.2 Å². The lowest BCUT2D eigenvalue weighted by molar-refractivity contribution is 0.0697. The van der Waals surface area contributed by atoms with Crippen LogP contribution in [0, 0.1) is 23.0 Å². The van der Waals surface area contributed by atoms with Gasteiger partial charge in [0.25, 0.3) is 0 Å². The van der Waals surface area contributed by atoms with Crippen molar-refractivity contribution in [2.75, 3.05) is 13.7 Å². The Morgan fingerprint density at radius 3 is 2.59 bits per heavy atom. The number of halogens is 2. The van der Waals surface area contributed by atoms with Crippen molar-refractivity contribution in [2.45, 2.75) is 19.6 Å². The molecule has 0 unspecified atom stereocenters. The van der Waals surface area contributed by atoms with Crippen LogP contribution < -0.4 is 4.74 Å². The quantitative estimate of drug-likeness (QED) is 0.234. The number of fused-ring (bicyclic) bond motifs is 1. The first-order chi connectivity index (χ1) is 19.9. The summed E-state index contributed by atoms with van der Waals surface area (Å²) in [6.45, 7) is 0.665. The number of benzene rings is 3. The molecular weight excluding hydrogens is 530 g/mol. The highest BCUT2D eigenvalue weighted by Crippen LogP contribution is 2.31. The van der Waals surface area contributed by atoms with Crippen LogP contribution >= 0.6 is 0 Å². The molecule has 0 spiro atoms. The van der Waals surface area contributed by atoms with Gasteiger partial charge in [-0.15, -0.1) is 0 Å². The van der Waals surface area contributed by atoms with E-state index >= 15 is 4.39 Å². The van der Waals surface area contributed by atoms with Crippen LogP contribution in [0.2, 0.25) is 0 Å². The number of aromatic nitrogens is 3. The van der Waals surface area contributed by atoms with E-state index in [1.165, 1.54) is 30.5 Å². The molecule has 0 saturated heterocycles. The first kappa shape index (κ1) is 27.4. The molecule has 10 heteroatoms. The summed E-state index contributed by atoms with van der Waals surface area (Å²) in [7, 11) is 1.57. The Labute approximate surface area is 234 Å². The van der Waals surface area contributed by atoms with Crippen molar-refractivity contribution in [3.05, 3.63) is 113 Å². The number of pyridine rings is 1. The number of imidazole rings is 1. The minimum Gasteiger partial charge on any atom is -0.478 e. The summed E-state index contributed by atoms with van der Waals surface area (Å²) in [4.78, 5) is 20.4. The van der Waals surface area contributed by atoms with E-state index in [-0.39, 0.29) is 35.6 Å². The summed E-state index contributed by atoms with van der Waals surface area (Å²) >= 11 is 0. The Hall–Kier alpha value is -5.14. The lowest BCUT2D eigenvalue weighted by Crippen LogP contribution is -2.10. The first-order valence-corrected chi connectivity index (χ1v) is 12.6. The molecular formula is C31H24F2N4O4. The van der Waals surface area contributed by atoms with E-state index in [4.69, 9.17) is 14.7 Å². The van der Waals surface area contributed by atoms with Gasteiger partial charge in [0.1, 0.15) is 24.1 Å². The van der Waals surface area contributed by atoms with Crippen LogP contribution in [-0.2, 0) is 24.3 Å². The molecule has 0 bridgehead atoms. The number of carboxylic acid groups (broad SMARTS) is 1. The summed E-state index contributed by atoms with van der Waals surface area (Å²) < 4.78 is 42.6. The zero-order chi connectivity index (χ0) is 28.9. The Morgan fingerprint density at radius 1 is 1.05 bits per heavy atom. The average Bonchev–Trinajstić information content (AvgIpc) is 3.32. The highest BCUT2D eigenvalue weighted by molar-refractivity contribution is 5.92. The van der Waals surface area contributed by atoms with Gasteiger partial charge in [0.15, 0.2) is 0 Å². The Balaban J connectivity index is 1.41. The van der Waals surface area contributed by atoms with E-state index < -0.39 is 17.6 Å². The van der Waals surface area contributed by atoms with E-state index in [9.17, 15) is 14.3 Å². The molecule has 0 aliphatic carbocycles. The number of methoxy groups -OCH3 is 1. The van der Waals surface area contributed by atoms with Crippen LogP contribution in [0.5, 0.6) is 5.88 Å². The standard InChI is InChI=1S/C31H24F2N4O4/c1-40-12-11-37-28-15-22(31(38)39)8-9-27(28)36-29(37)16-21-7-6-20(14-26(21)33)24-3-2-10-35-30(24)41-18-23-5-4-19(17-34)13-25(23)32/h2-10,13-15H,11-12,16,18H2,1H3,(H,38,39). The minimum atomic E-state index is -1.05. The SMILES string of the molecule is COCCn1c(Cc2ccc(-c3cccnc3OCc3ccc(C#N)cc3F)cc2F)nc2ccc(C(=O)O)cc21. The molecule has 0 saturated carbocycles. The second-order valence-electron chi connectivity index (χ2n) is 9.23. The van der Waals surface area contributed by atoms with Crippen molar-refractivity contribution in [2.24, 2.45) is 0 Å². The van der Waals surface area contributed by atoms with E-state index in [1.54, 1.807) is 43.5 Å². The zero-order valence-corrected chi connectivity index (χ0v) is 22.0. The highest BCUT2D eigenvalue weighted by Gasteiger charge is 2.17. The monoisotopic (exact) mass is 554 g/mol. The number of hydrogen-bond donors (Lipinski definition) is 1. The van der Waals surface area contributed by atoms with E-state index in [0.717, 1.165) is 6.07 Å². The fourth-order valence-electron chi connectivity index (χ4n) is 4.51. The first-order valence-electron chi connectivity index (χ1n) is 12.6. The van der Waals surface area contributed by atoms with Gasteiger partial charge in [-0.05, 0) is 59.7 Å². The molecule has 206 valence electrons. The maximum atomic E-state index is 15.5. The molecule has 2 aromatic heterocycles. The van der Waals surface area contributed by atoms with Crippen molar-refractivity contribution in [1.82, 2.24) is 14.5 Å². The van der Waals surface area contributed by atoms with Crippen molar-refractivity contribution >= 4 is 17.0 Å². The topological polar surface area (TPSA) is 110 Å². The number of nitriles is 1. The van der Waals surface area contributed by atoms with Crippen LogP contribution in [0.4, 0.5) is 8.78 Å². The lowest BCUT2D eigenvalue weighted by atomic mass is 10.0. The van der Waals surface area contributed by atoms with Crippen molar-refractivity contribution in [3.63, 3.8) is 0 Å². The van der Waals surface area contributed by atoms with Crippen molar-refractivity contribution < 1.29 is 28.2 Å². The number of carboxylic acids is 1. The van der Waals surface area contributed by atoms with Crippen LogP contribution in [0.15, 0.2) is 72.9 Å². The molecule has 8 nitrogen and oxygen atoms in total. The smallest absolute Gasteiger partial charge is 0.335 e. The molecule has 0 fully saturated rings. The fourth-order valence-corrected chi connectivity index (χ4v) is 4.51. The van der Waals surface area contributed by atoms with Gasteiger partial charge in [-0.3, -0.25) is 0 Å². The van der Waals surface area contributed by atoms with E-state index in [0.29, 0.717) is 46.7 Å². The minimum absolute atomic E-state index is 0.122. The number of aromatic carboxylic acids is 1. The average molecular weight is 555 g/mol. The van der Waals surface area contributed by atoms with Crippen LogP contribution in [-0.4, -0.2) is 39.3 Å². The summed E-state index contributed by atoms with van der Waals surface area (Å²) in [5.74, 6) is -1.30. The Morgan fingerprint density at radius 2 is 1.85 bits per heavy atom. The third kappa shape index (κ3) is 5.90. The second kappa shape index (κ2) is 11.9. The number of hydrogen-bond acceptors (Lipinski definition) is 6. The number of rotatable bonds is 10. The molecule has 0 atom stereocenters. The van der Waals surface area contributed by atoms with Crippen molar-refractivity contribution in [1.29, 1.82) is 5.26 Å². The number of nitrogens with zero attached hydrogens (tertiary/aromatic N) is 4. The van der Waals surface area contributed by atoms with Gasteiger partial charge in [0.05, 0.1) is 34.8 Å². The largest absolute Gasteiger partial charge is 0.478 e. The molecule has 0 radical (unpaired) electrons. The second-order valence-corrected chi connectivity index (χ2v) is 9.23. The Bertz CT molecular complexity index is 1800. The van der Waals surface area contributed by atoms with Gasteiger partial charge in [0, 0.05) is 37.4 Å². The molecule has 5 aromatic rings. The summed E-state index contributed by atoms with van der Waals surface area (Å²) in [5, 5.41) is 18.3. The predicted octanol–water partition coefficient (Wildman–Crippen LogP) is 5.76. The highest BCUT2D eigenvalue weighted by atomic mass is 19.1. The molecule has 0 amide bonds. The molecule has 0 aliphatic heterocycles. The van der Waals surface area contributed by atoms with Crippen LogP contribution in [0.1, 0.15) is 32.9 Å². The van der Waals surface area contributed by atoms with E-state index in [1.807, 2.05) is 10.6 Å². The summed E-state index contributed by atoms with van der Waals surface area (Å²) in [6, 6.07) is 18.9. The maximum Gasteiger partial charge on any atom is 0.335 e. The third-order valence-electron chi connectivity index (χ3n) is 6.62. The molecule has 2 heterocycles. The Kier molecular flexibility index (Phi) is 7.99. The lowest BCUT2D eigenvalue weighted by Gasteiger charge is -2.13. The normalized spacial score (nSPS) is 11.0. The van der Waals surface area contributed by atoms with Crippen LogP contribution in [0.3, 0.4) is 0 Å². The zero-order valence-electron chi connectivity index (χ0n) is 22.0. The van der Waals surface area contributed by atoms with Gasteiger partial charge in [-0.25, -0.2) is 23.5 Å². The van der Waals surface area contributed by atoms with Gasteiger partial charge in [-0.2, -0.15) is 5.26 Å². The van der Waals surface area contributed by atoms with Gasteiger partial charge < -0.3 is 19.1 Å². The molecule has 5 rings (SSSR count). The fraction of sp³-hybridized carbons (Fsp3) is 0.161. The number of carbonyl (C=O) groups is 1. The van der Waals surface area contributed by atoms with Crippen LogP contribution in [0.25, 0.3) is 22.2 Å². The predicted molar refractivity (Wildman–Crippen MR) is 146 cm³/mol. The maximum absolute atomic E-state index is 15.5. The molecule has 0 aliphatic rings. The van der Waals surface area contributed by atoms with Crippen molar-refractivity contribution in [3.8, 4) is 23.1 Å². The van der Waals surface area contributed by atoms with Gasteiger partial charge in [0.2, 0.25) is 5.88 Å². The third-order valence-corrected chi connectivity index (χ3v) is 6.62. The summed E-state index contributed by atoms with van der Waals surface area (Å²) in [5.41, 5.74) is 3.28. The number of ether oxygens (including phenoxy) is 2.